The van der Waals surface area contributed by atoms with Crippen molar-refractivity contribution in [1.29, 1.82) is 0 Å². The Morgan fingerprint density at radius 1 is 1.27 bits per heavy atom. The molecule has 1 aromatic carbocycles. The minimum absolute atomic E-state index is 0.368. The third-order valence-corrected chi connectivity index (χ3v) is 2.55. The van der Waals surface area contributed by atoms with E-state index in [-0.39, 0.29) is 6.10 Å². The highest BCUT2D eigenvalue weighted by Crippen LogP contribution is 2.21. The number of hydrogen-bond donors (Lipinski definition) is 2. The van der Waals surface area contributed by atoms with Gasteiger partial charge in [-0.25, -0.2) is 0 Å². The fourth-order valence-corrected chi connectivity index (χ4v) is 1.65. The van der Waals surface area contributed by atoms with Crippen LogP contribution in [0.15, 0.2) is 24.3 Å². The van der Waals surface area contributed by atoms with Gasteiger partial charge in [0.25, 0.3) is 0 Å². The van der Waals surface area contributed by atoms with Crippen molar-refractivity contribution in [2.24, 2.45) is 5.92 Å². The van der Waals surface area contributed by atoms with Crippen molar-refractivity contribution < 1.29 is 5.11 Å². The zero-order chi connectivity index (χ0) is 11.3. The van der Waals surface area contributed by atoms with E-state index in [1.54, 1.807) is 0 Å². The molecule has 0 bridgehead atoms. The minimum Gasteiger partial charge on any atom is -0.399 e. The average molecular weight is 207 g/mol. The van der Waals surface area contributed by atoms with E-state index in [9.17, 15) is 5.11 Å². The molecule has 15 heavy (non-hydrogen) atoms. The SMILES string of the molecule is CC(C)CCCC(O)c1cccc(N)c1. The molecule has 0 saturated heterocycles. The van der Waals surface area contributed by atoms with Crippen LogP contribution in [-0.2, 0) is 0 Å². The van der Waals surface area contributed by atoms with E-state index in [4.69, 9.17) is 5.73 Å². The van der Waals surface area contributed by atoms with Crippen LogP contribution in [0.5, 0.6) is 0 Å². The van der Waals surface area contributed by atoms with Crippen LogP contribution >= 0.6 is 0 Å². The molecule has 0 fully saturated rings. The highest BCUT2D eigenvalue weighted by molar-refractivity contribution is 5.41. The summed E-state index contributed by atoms with van der Waals surface area (Å²) in [7, 11) is 0. The van der Waals surface area contributed by atoms with Gasteiger partial charge in [0.15, 0.2) is 0 Å². The second kappa shape index (κ2) is 5.76. The topological polar surface area (TPSA) is 46.2 Å². The highest BCUT2D eigenvalue weighted by Gasteiger charge is 2.07. The van der Waals surface area contributed by atoms with Crippen molar-refractivity contribution in [3.8, 4) is 0 Å². The summed E-state index contributed by atoms with van der Waals surface area (Å²) in [6.07, 6.45) is 2.68. The maximum absolute atomic E-state index is 9.90. The number of nitrogens with two attached hydrogens (primary N) is 1. The fourth-order valence-electron chi connectivity index (χ4n) is 1.65. The molecule has 0 heterocycles. The first-order valence-corrected chi connectivity index (χ1v) is 5.63. The van der Waals surface area contributed by atoms with Crippen molar-refractivity contribution in [2.75, 3.05) is 5.73 Å². The second-order valence-corrected chi connectivity index (χ2v) is 4.51. The molecule has 2 heteroatoms. The Kier molecular flexibility index (Phi) is 4.63. The third kappa shape index (κ3) is 4.34. The van der Waals surface area contributed by atoms with E-state index in [0.717, 1.165) is 24.1 Å². The normalized spacial score (nSPS) is 13.1. The summed E-state index contributed by atoms with van der Waals surface area (Å²) >= 11 is 0. The number of hydrogen-bond acceptors (Lipinski definition) is 2. The van der Waals surface area contributed by atoms with E-state index in [2.05, 4.69) is 13.8 Å². The molecular formula is C13H21NO. The largest absolute Gasteiger partial charge is 0.399 e. The Hall–Kier alpha value is -1.02. The Morgan fingerprint density at radius 2 is 2.00 bits per heavy atom. The van der Waals surface area contributed by atoms with Gasteiger partial charge in [0.05, 0.1) is 6.10 Å². The maximum Gasteiger partial charge on any atom is 0.0790 e. The van der Waals surface area contributed by atoms with Crippen LogP contribution in [0.4, 0.5) is 5.69 Å². The molecule has 84 valence electrons. The molecule has 0 saturated carbocycles. The molecule has 0 aliphatic heterocycles. The van der Waals surface area contributed by atoms with Gasteiger partial charge < -0.3 is 10.8 Å². The van der Waals surface area contributed by atoms with Crippen molar-refractivity contribution in [3.63, 3.8) is 0 Å². The summed E-state index contributed by atoms with van der Waals surface area (Å²) in [4.78, 5) is 0. The van der Waals surface area contributed by atoms with Crippen LogP contribution < -0.4 is 5.73 Å². The number of aliphatic hydroxyl groups excluding tert-OH is 1. The zero-order valence-electron chi connectivity index (χ0n) is 9.61. The fraction of sp³-hybridized carbons (Fsp3) is 0.538. The van der Waals surface area contributed by atoms with Crippen LogP contribution in [0.2, 0.25) is 0 Å². The lowest BCUT2D eigenvalue weighted by atomic mass is 10.00. The first kappa shape index (κ1) is 12.1. The van der Waals surface area contributed by atoms with Gasteiger partial charge in [0, 0.05) is 5.69 Å². The number of rotatable bonds is 5. The summed E-state index contributed by atoms with van der Waals surface area (Å²) in [6, 6.07) is 7.50. The van der Waals surface area contributed by atoms with E-state index in [1.165, 1.54) is 6.42 Å². The number of nitrogen functional groups attached to an aromatic ring is 1. The van der Waals surface area contributed by atoms with Crippen LogP contribution in [0.1, 0.15) is 44.8 Å². The molecule has 1 unspecified atom stereocenters. The number of anilines is 1. The van der Waals surface area contributed by atoms with Crippen LogP contribution in [0.3, 0.4) is 0 Å². The van der Waals surface area contributed by atoms with Crippen molar-refractivity contribution in [3.05, 3.63) is 29.8 Å². The molecule has 2 nitrogen and oxygen atoms in total. The number of aliphatic hydroxyl groups is 1. The standard InChI is InChI=1S/C13H21NO/c1-10(2)5-3-8-13(15)11-6-4-7-12(14)9-11/h4,6-7,9-10,13,15H,3,5,8,14H2,1-2H3. The molecule has 0 aliphatic carbocycles. The van der Waals surface area contributed by atoms with Gasteiger partial charge in [-0.05, 0) is 30.0 Å². The summed E-state index contributed by atoms with van der Waals surface area (Å²) in [5.74, 6) is 0.707. The molecule has 0 spiro atoms. The van der Waals surface area contributed by atoms with Gasteiger partial charge in [-0.15, -0.1) is 0 Å². The van der Waals surface area contributed by atoms with Crippen LogP contribution in [0, 0.1) is 5.92 Å². The molecule has 3 N–H and O–H groups in total. The first-order chi connectivity index (χ1) is 7.09. The molecule has 0 aromatic heterocycles. The van der Waals surface area contributed by atoms with E-state index in [0.29, 0.717) is 5.92 Å². The van der Waals surface area contributed by atoms with E-state index >= 15 is 0 Å². The first-order valence-electron chi connectivity index (χ1n) is 5.63. The minimum atomic E-state index is -0.368. The smallest absolute Gasteiger partial charge is 0.0790 e. The molecular weight excluding hydrogens is 186 g/mol. The summed E-state index contributed by atoms with van der Waals surface area (Å²) in [5.41, 5.74) is 7.31. The Labute approximate surface area is 92.1 Å². The van der Waals surface area contributed by atoms with Crippen LogP contribution in [-0.4, -0.2) is 5.11 Å². The lowest BCUT2D eigenvalue weighted by Gasteiger charge is -2.12. The van der Waals surface area contributed by atoms with Gasteiger partial charge in [0.1, 0.15) is 0 Å². The lowest BCUT2D eigenvalue weighted by molar-refractivity contribution is 0.162. The Balaban J connectivity index is 2.43. The quantitative estimate of drug-likeness (QED) is 0.729. The Morgan fingerprint density at radius 3 is 2.60 bits per heavy atom. The van der Waals surface area contributed by atoms with Gasteiger partial charge in [-0.3, -0.25) is 0 Å². The predicted octanol–water partition coefficient (Wildman–Crippen LogP) is 3.13. The maximum atomic E-state index is 9.90. The summed E-state index contributed by atoms with van der Waals surface area (Å²) in [5, 5.41) is 9.90. The molecule has 1 rings (SSSR count). The molecule has 1 aromatic rings. The summed E-state index contributed by atoms with van der Waals surface area (Å²) < 4.78 is 0. The van der Waals surface area contributed by atoms with Gasteiger partial charge in [0.2, 0.25) is 0 Å². The second-order valence-electron chi connectivity index (χ2n) is 4.51. The predicted molar refractivity (Wildman–Crippen MR) is 64.5 cm³/mol. The average Bonchev–Trinajstić information content (AvgIpc) is 2.17. The molecule has 0 radical (unpaired) electrons. The van der Waals surface area contributed by atoms with Crippen LogP contribution in [0.25, 0.3) is 0 Å². The summed E-state index contributed by atoms with van der Waals surface area (Å²) in [6.45, 7) is 4.40. The van der Waals surface area contributed by atoms with Crippen molar-refractivity contribution >= 4 is 5.69 Å². The van der Waals surface area contributed by atoms with Gasteiger partial charge in [-0.2, -0.15) is 0 Å². The third-order valence-electron chi connectivity index (χ3n) is 2.55. The van der Waals surface area contributed by atoms with Gasteiger partial charge in [-0.1, -0.05) is 38.8 Å². The molecule has 1 atom stereocenters. The monoisotopic (exact) mass is 207 g/mol. The van der Waals surface area contributed by atoms with Crippen molar-refractivity contribution in [1.82, 2.24) is 0 Å². The molecule has 0 aliphatic rings. The zero-order valence-corrected chi connectivity index (χ0v) is 9.61. The van der Waals surface area contributed by atoms with E-state index < -0.39 is 0 Å². The lowest BCUT2D eigenvalue weighted by Crippen LogP contribution is -1.99. The Bertz CT molecular complexity index is 296. The molecule has 0 amide bonds. The van der Waals surface area contributed by atoms with Crippen molar-refractivity contribution in [2.45, 2.75) is 39.2 Å². The van der Waals surface area contributed by atoms with Gasteiger partial charge >= 0.3 is 0 Å². The highest BCUT2D eigenvalue weighted by atomic mass is 16.3. The number of benzene rings is 1. The van der Waals surface area contributed by atoms with E-state index in [1.807, 2.05) is 24.3 Å².